The van der Waals surface area contributed by atoms with Gasteiger partial charge in [-0.15, -0.1) is 0 Å². The van der Waals surface area contributed by atoms with Gasteiger partial charge in [0, 0.05) is 0 Å². The number of benzene rings is 2. The second-order valence-electron chi connectivity index (χ2n) is 4.88. The fourth-order valence-electron chi connectivity index (χ4n) is 2.10. The number of carbonyl (C=O) groups excluding carboxylic acids is 2. The Hall–Kier alpha value is -1.98. The molecule has 6 nitrogen and oxygen atoms in total. The van der Waals surface area contributed by atoms with Gasteiger partial charge in [0.15, 0.2) is 0 Å². The van der Waals surface area contributed by atoms with E-state index in [4.69, 9.17) is 18.9 Å². The molecule has 26 heavy (non-hydrogen) atoms. The number of hydrogen-bond acceptors (Lipinski definition) is 6. The van der Waals surface area contributed by atoms with Gasteiger partial charge in [-0.2, -0.15) is 0 Å². The van der Waals surface area contributed by atoms with Crippen LogP contribution in [0.1, 0.15) is 20.7 Å². The van der Waals surface area contributed by atoms with Crippen LogP contribution in [0.15, 0.2) is 36.4 Å². The first-order valence-electron chi connectivity index (χ1n) is 7.41. The molecule has 0 aliphatic carbocycles. The topological polar surface area (TPSA) is 71.1 Å². The molecule has 0 spiro atoms. The molecule has 0 heterocycles. The monoisotopic (exact) mass is 490 g/mol. The van der Waals surface area contributed by atoms with Crippen LogP contribution in [0.2, 0.25) is 0 Å². The van der Waals surface area contributed by atoms with E-state index in [0.29, 0.717) is 34.1 Å². The Balaban J connectivity index is 2.06. The maximum absolute atomic E-state index is 12.4. The molecule has 0 atom stereocenters. The van der Waals surface area contributed by atoms with Crippen molar-refractivity contribution >= 4 is 35.6 Å². The van der Waals surface area contributed by atoms with E-state index in [-0.39, 0.29) is 9.36 Å². The number of methoxy groups -OCH3 is 4. The summed E-state index contributed by atoms with van der Waals surface area (Å²) in [7, 11) is 6.10. The van der Waals surface area contributed by atoms with Crippen molar-refractivity contribution in [2.24, 2.45) is 0 Å². The Morgan fingerprint density at radius 3 is 1.27 bits per heavy atom. The van der Waals surface area contributed by atoms with Crippen LogP contribution in [0, 0.1) is 0 Å². The SMILES string of the molecule is COc1ccc(C(=O)[Se][Se]C(=O)c2ccc(OC)c(OC)c2)cc1OC. The van der Waals surface area contributed by atoms with Crippen LogP contribution >= 0.6 is 0 Å². The van der Waals surface area contributed by atoms with Crippen LogP contribution < -0.4 is 18.9 Å². The summed E-state index contributed by atoms with van der Waals surface area (Å²) in [6, 6.07) is 10.0. The molecule has 2 aromatic rings. The predicted molar refractivity (Wildman–Crippen MR) is 99.3 cm³/mol. The van der Waals surface area contributed by atoms with E-state index in [9.17, 15) is 9.59 Å². The van der Waals surface area contributed by atoms with Gasteiger partial charge >= 0.3 is 163 Å². The van der Waals surface area contributed by atoms with Gasteiger partial charge in [-0.3, -0.25) is 0 Å². The van der Waals surface area contributed by atoms with Crippen LogP contribution in [-0.2, 0) is 0 Å². The molecule has 0 saturated carbocycles. The molecule has 0 N–H and O–H groups in total. The predicted octanol–water partition coefficient (Wildman–Crippen LogP) is 2.02. The molecule has 2 rings (SSSR count). The molecule has 8 heteroatoms. The van der Waals surface area contributed by atoms with Crippen molar-refractivity contribution in [2.45, 2.75) is 0 Å². The Kier molecular flexibility index (Phi) is 7.54. The van der Waals surface area contributed by atoms with E-state index in [0.717, 1.165) is 0 Å². The van der Waals surface area contributed by atoms with Crippen LogP contribution in [-0.4, -0.2) is 64.1 Å². The zero-order valence-electron chi connectivity index (χ0n) is 14.7. The molecule has 0 aliphatic rings. The molecular weight excluding hydrogens is 470 g/mol. The average molecular weight is 488 g/mol. The summed E-state index contributed by atoms with van der Waals surface area (Å²) in [6.45, 7) is 0. The second-order valence-corrected chi connectivity index (χ2v) is 10.8. The normalized spacial score (nSPS) is 10.2. The fraction of sp³-hybridized carbons (Fsp3) is 0.222. The second kappa shape index (κ2) is 9.64. The summed E-state index contributed by atoms with van der Waals surface area (Å²) in [5, 5.41) is 0. The standard InChI is InChI=1S/C18H18O6Se2/c1-21-13-7-5-11(9-15(13)23-3)17(19)25-26-18(20)12-6-8-14(22-2)16(10-12)24-4/h5-10H,1-4H3. The van der Waals surface area contributed by atoms with Gasteiger partial charge in [-0.1, -0.05) is 0 Å². The van der Waals surface area contributed by atoms with Gasteiger partial charge < -0.3 is 0 Å². The van der Waals surface area contributed by atoms with Crippen molar-refractivity contribution in [3.63, 3.8) is 0 Å². The maximum atomic E-state index is 12.4. The third kappa shape index (κ3) is 4.80. The molecular formula is C18H18O6Se2. The molecule has 0 unspecified atom stereocenters. The first-order chi connectivity index (χ1) is 12.5. The van der Waals surface area contributed by atoms with Gasteiger partial charge in [0.05, 0.1) is 0 Å². The Morgan fingerprint density at radius 1 is 0.615 bits per heavy atom. The fourth-order valence-corrected chi connectivity index (χ4v) is 7.10. The zero-order valence-corrected chi connectivity index (χ0v) is 18.2. The number of ether oxygens (including phenoxy) is 4. The van der Waals surface area contributed by atoms with Crippen LogP contribution in [0.5, 0.6) is 23.0 Å². The van der Waals surface area contributed by atoms with Crippen molar-refractivity contribution in [1.82, 2.24) is 0 Å². The van der Waals surface area contributed by atoms with Gasteiger partial charge in [-0.25, -0.2) is 0 Å². The Morgan fingerprint density at radius 2 is 0.962 bits per heavy atom. The van der Waals surface area contributed by atoms with Gasteiger partial charge in [0.2, 0.25) is 0 Å². The van der Waals surface area contributed by atoms with E-state index in [2.05, 4.69) is 0 Å². The van der Waals surface area contributed by atoms with Gasteiger partial charge in [0.25, 0.3) is 0 Å². The minimum absolute atomic E-state index is 0.0488. The van der Waals surface area contributed by atoms with Crippen molar-refractivity contribution in [3.05, 3.63) is 47.5 Å². The number of carbonyl (C=O) groups is 2. The van der Waals surface area contributed by atoms with Crippen LogP contribution in [0.3, 0.4) is 0 Å². The summed E-state index contributed by atoms with van der Waals surface area (Å²) in [4.78, 5) is 24.8. The van der Waals surface area contributed by atoms with Crippen LogP contribution in [0.25, 0.3) is 0 Å². The Bertz CT molecular complexity index is 739. The van der Waals surface area contributed by atoms with Crippen LogP contribution in [0.4, 0.5) is 0 Å². The molecule has 0 bridgehead atoms. The summed E-state index contributed by atoms with van der Waals surface area (Å²) in [5.74, 6) is 2.10. The molecule has 0 amide bonds. The quantitative estimate of drug-likeness (QED) is 0.504. The molecule has 0 aromatic heterocycles. The summed E-state index contributed by atoms with van der Waals surface area (Å²) < 4.78 is 20.7. The third-order valence-corrected chi connectivity index (χ3v) is 9.44. The first-order valence-corrected chi connectivity index (χ1v) is 13.5. The summed E-state index contributed by atoms with van der Waals surface area (Å²) in [5.41, 5.74) is 1.04. The van der Waals surface area contributed by atoms with Crippen molar-refractivity contribution in [2.75, 3.05) is 28.4 Å². The average Bonchev–Trinajstić information content (AvgIpc) is 2.70. The minimum atomic E-state index is -0.461. The number of rotatable bonds is 9. The molecule has 2 aromatic carbocycles. The zero-order chi connectivity index (χ0) is 19.1. The van der Waals surface area contributed by atoms with E-state index < -0.39 is 26.3 Å². The van der Waals surface area contributed by atoms with Crippen molar-refractivity contribution in [1.29, 1.82) is 0 Å². The van der Waals surface area contributed by atoms with E-state index in [1.165, 1.54) is 28.4 Å². The summed E-state index contributed by atoms with van der Waals surface area (Å²) in [6.07, 6.45) is 0. The molecule has 0 fully saturated rings. The van der Waals surface area contributed by atoms with Crippen molar-refractivity contribution in [3.8, 4) is 23.0 Å². The molecule has 0 radical (unpaired) electrons. The van der Waals surface area contributed by atoms with Gasteiger partial charge in [0.1, 0.15) is 0 Å². The van der Waals surface area contributed by atoms with E-state index in [1.807, 2.05) is 0 Å². The first kappa shape index (κ1) is 20.3. The number of hydrogen-bond donors (Lipinski definition) is 0. The van der Waals surface area contributed by atoms with E-state index >= 15 is 0 Å². The van der Waals surface area contributed by atoms with Crippen molar-refractivity contribution < 1.29 is 28.5 Å². The third-order valence-electron chi connectivity index (χ3n) is 3.43. The summed E-state index contributed by atoms with van der Waals surface area (Å²) >= 11 is -0.923. The molecule has 0 aliphatic heterocycles. The van der Waals surface area contributed by atoms with E-state index in [1.54, 1.807) is 36.4 Å². The van der Waals surface area contributed by atoms with Gasteiger partial charge in [-0.05, 0) is 0 Å². The Labute approximate surface area is 163 Å². The molecule has 138 valence electrons. The molecule has 0 saturated heterocycles.